The number of cyclic esters (lactones) is 2. The number of aromatic nitrogens is 1. The van der Waals surface area contributed by atoms with Gasteiger partial charge < -0.3 is 0 Å². The Hall–Kier alpha value is -1.43. The topological polar surface area (TPSA) is 87.4 Å². The molecule has 6 nitrogen and oxygen atoms in total. The van der Waals surface area contributed by atoms with Crippen LogP contribution in [-0.2, 0) is 18.2 Å². The van der Waals surface area contributed by atoms with Gasteiger partial charge in [0.05, 0.1) is 0 Å². The second-order valence-electron chi connectivity index (χ2n) is 3.19. The molecule has 1 aromatic rings. The van der Waals surface area contributed by atoms with E-state index in [1.165, 1.54) is 17.0 Å². The van der Waals surface area contributed by atoms with Crippen LogP contribution in [0.15, 0.2) is 30.6 Å². The van der Waals surface area contributed by atoms with Crippen LogP contribution in [0.1, 0.15) is 6.04 Å². The minimum atomic E-state index is -3.63. The van der Waals surface area contributed by atoms with E-state index < -0.39 is 37.0 Å². The molecule has 84 valence electrons. The third-order valence-corrected chi connectivity index (χ3v) is 4.04. The normalized spacial score (nSPS) is 26.6. The van der Waals surface area contributed by atoms with Gasteiger partial charge in [0, 0.05) is 0 Å². The summed E-state index contributed by atoms with van der Waals surface area (Å²) >= 11 is -3.63. The van der Waals surface area contributed by atoms with Crippen LogP contribution in [0.2, 0.25) is 4.82 Å². The number of rotatable bonds is 2. The van der Waals surface area contributed by atoms with E-state index in [0.717, 1.165) is 0 Å². The SMILES string of the molecule is O=C1OC(=O)C([Se](=O)[O-])C1[n+]1ccccc1. The molecule has 0 aromatic carbocycles. The van der Waals surface area contributed by atoms with E-state index in [1.807, 2.05) is 0 Å². The predicted molar refractivity (Wildman–Crippen MR) is 47.0 cm³/mol. The van der Waals surface area contributed by atoms with Gasteiger partial charge in [0.15, 0.2) is 0 Å². The summed E-state index contributed by atoms with van der Waals surface area (Å²) in [7, 11) is 0. The number of pyridine rings is 1. The van der Waals surface area contributed by atoms with Crippen molar-refractivity contribution < 1.29 is 26.9 Å². The van der Waals surface area contributed by atoms with Crippen LogP contribution in [0.3, 0.4) is 0 Å². The van der Waals surface area contributed by atoms with Crippen LogP contribution in [-0.4, -0.2) is 26.1 Å². The van der Waals surface area contributed by atoms with Crippen molar-refractivity contribution in [3.63, 3.8) is 0 Å². The van der Waals surface area contributed by atoms with E-state index in [-0.39, 0.29) is 0 Å². The van der Waals surface area contributed by atoms with Gasteiger partial charge in [-0.25, -0.2) is 0 Å². The van der Waals surface area contributed by atoms with Gasteiger partial charge in [0.2, 0.25) is 0 Å². The van der Waals surface area contributed by atoms with Crippen molar-refractivity contribution in [1.82, 2.24) is 0 Å². The fraction of sp³-hybridized carbons (Fsp3) is 0.222. The maximum atomic E-state index is 11.4. The molecule has 1 saturated heterocycles. The Morgan fingerprint density at radius 3 is 2.38 bits per heavy atom. The third kappa shape index (κ3) is 1.80. The van der Waals surface area contributed by atoms with Crippen molar-refractivity contribution in [2.24, 2.45) is 0 Å². The molecule has 0 N–H and O–H groups in total. The summed E-state index contributed by atoms with van der Waals surface area (Å²) in [5, 5.41) is 0. The first-order valence-corrected chi connectivity index (χ1v) is 6.79. The van der Waals surface area contributed by atoms with Gasteiger partial charge in [-0.1, -0.05) is 0 Å². The molecule has 16 heavy (non-hydrogen) atoms. The number of nitrogens with zero attached hydrogens (tertiary/aromatic N) is 1. The summed E-state index contributed by atoms with van der Waals surface area (Å²) in [4.78, 5) is 21.2. The van der Waals surface area contributed by atoms with Crippen molar-refractivity contribution >= 4 is 26.1 Å². The van der Waals surface area contributed by atoms with Crippen LogP contribution >= 0.6 is 0 Å². The third-order valence-electron chi connectivity index (χ3n) is 2.23. The van der Waals surface area contributed by atoms with Crippen LogP contribution in [0.25, 0.3) is 0 Å². The van der Waals surface area contributed by atoms with Crippen molar-refractivity contribution in [3.8, 4) is 0 Å². The Balaban J connectivity index is 2.42. The van der Waals surface area contributed by atoms with Crippen molar-refractivity contribution in [2.75, 3.05) is 0 Å². The first-order valence-electron chi connectivity index (χ1n) is 4.40. The monoisotopic (exact) mass is 289 g/mol. The predicted octanol–water partition coefficient (Wildman–Crippen LogP) is -1.75. The quantitative estimate of drug-likeness (QED) is 0.279. The molecule has 0 radical (unpaired) electrons. The number of carbonyl (C=O) groups excluding carboxylic acids is 2. The summed E-state index contributed by atoms with van der Waals surface area (Å²) in [5.41, 5.74) is 0. The molecule has 1 fully saturated rings. The molecule has 2 heterocycles. The van der Waals surface area contributed by atoms with E-state index in [2.05, 4.69) is 4.74 Å². The first kappa shape index (κ1) is 11.1. The molecular formula is C9H7NO5Se. The molecule has 1 aliphatic heterocycles. The molecule has 0 aliphatic carbocycles. The van der Waals surface area contributed by atoms with Gasteiger partial charge in [-0.2, -0.15) is 0 Å². The van der Waals surface area contributed by atoms with Crippen molar-refractivity contribution in [1.29, 1.82) is 0 Å². The second kappa shape index (κ2) is 4.21. The minimum absolute atomic E-state index is 0.827. The summed E-state index contributed by atoms with van der Waals surface area (Å²) in [6.07, 6.45) is 3.04. The van der Waals surface area contributed by atoms with Gasteiger partial charge in [-0.15, -0.1) is 0 Å². The Morgan fingerprint density at radius 1 is 1.19 bits per heavy atom. The van der Waals surface area contributed by atoms with Crippen LogP contribution in [0.5, 0.6) is 0 Å². The summed E-state index contributed by atoms with van der Waals surface area (Å²) in [5.74, 6) is -1.81. The molecule has 7 heteroatoms. The zero-order chi connectivity index (χ0) is 11.7. The molecule has 2 rings (SSSR count). The van der Waals surface area contributed by atoms with E-state index in [1.54, 1.807) is 18.2 Å². The van der Waals surface area contributed by atoms with Crippen LogP contribution < -0.4 is 8.76 Å². The average molecular weight is 288 g/mol. The van der Waals surface area contributed by atoms with E-state index >= 15 is 0 Å². The number of hydrogen-bond donors (Lipinski definition) is 0. The van der Waals surface area contributed by atoms with Gasteiger partial charge in [0.25, 0.3) is 0 Å². The van der Waals surface area contributed by atoms with Crippen LogP contribution in [0.4, 0.5) is 0 Å². The molecule has 0 saturated carbocycles. The fourth-order valence-corrected chi connectivity index (χ4v) is 2.93. The van der Waals surface area contributed by atoms with E-state index in [4.69, 9.17) is 0 Å². The molecule has 3 unspecified atom stereocenters. The zero-order valence-electron chi connectivity index (χ0n) is 7.94. The van der Waals surface area contributed by atoms with Gasteiger partial charge >= 0.3 is 94.5 Å². The van der Waals surface area contributed by atoms with Crippen LogP contribution in [0, 0.1) is 0 Å². The number of carbonyl (C=O) groups is 2. The van der Waals surface area contributed by atoms with E-state index in [9.17, 15) is 17.6 Å². The van der Waals surface area contributed by atoms with E-state index in [0.29, 0.717) is 0 Å². The maximum absolute atomic E-state index is 11.4. The molecular weight excluding hydrogens is 281 g/mol. The second-order valence-corrected chi connectivity index (χ2v) is 5.35. The standard InChI is InChI=1S/C9H7NO5Se/c11-8-6(10-4-2-1-3-5-10)7(16(13)14)9(12)15-8/h1-7H. The molecule has 1 aliphatic rings. The number of ether oxygens (including phenoxy) is 1. The zero-order valence-corrected chi connectivity index (χ0v) is 9.65. The van der Waals surface area contributed by atoms with Gasteiger partial charge in [-0.05, 0) is 0 Å². The van der Waals surface area contributed by atoms with Gasteiger partial charge in [0.1, 0.15) is 0 Å². The molecule has 0 amide bonds. The van der Waals surface area contributed by atoms with Gasteiger partial charge in [-0.3, -0.25) is 0 Å². The first-order chi connectivity index (χ1) is 7.61. The molecule has 1 aromatic heterocycles. The molecule has 3 atom stereocenters. The fourth-order valence-electron chi connectivity index (χ4n) is 1.53. The Bertz CT molecular complexity index is 460. The molecule has 0 bridgehead atoms. The van der Waals surface area contributed by atoms with Crippen molar-refractivity contribution in [3.05, 3.63) is 30.6 Å². The number of esters is 2. The summed E-state index contributed by atoms with van der Waals surface area (Å²) in [6.45, 7) is 0. The Morgan fingerprint density at radius 2 is 1.81 bits per heavy atom. The Kier molecular flexibility index (Phi) is 2.91. The molecule has 0 spiro atoms. The average Bonchev–Trinajstić information content (AvgIpc) is 2.55. The number of hydrogen-bond acceptors (Lipinski definition) is 5. The summed E-state index contributed by atoms with van der Waals surface area (Å²) < 4.78 is 27.6. The Labute approximate surface area is 94.9 Å². The summed E-state index contributed by atoms with van der Waals surface area (Å²) in [6, 6.07) is 3.90. The van der Waals surface area contributed by atoms with Crippen molar-refractivity contribution in [2.45, 2.75) is 10.9 Å².